The van der Waals surface area contributed by atoms with Gasteiger partial charge in [0.25, 0.3) is 0 Å². The molecule has 0 saturated carbocycles. The fraction of sp³-hybridized carbons (Fsp3) is 0.143. The fourth-order valence-electron chi connectivity index (χ4n) is 8.02. The Hall–Kier alpha value is -4.31. The Bertz CT molecular complexity index is 2380. The molecule has 0 N–H and O–H groups in total. The third-order valence-corrected chi connectivity index (χ3v) is 12.8. The number of thiophene rings is 1. The van der Waals surface area contributed by atoms with Gasteiger partial charge in [0.05, 0.1) is 11.0 Å². The summed E-state index contributed by atoms with van der Waals surface area (Å²) < 4.78 is 5.26. The normalized spacial score (nSPS) is 22.2. The largest absolute Gasteiger partial charge is 0.309 e. The lowest BCUT2D eigenvalue weighted by Crippen LogP contribution is -2.10. The Morgan fingerprint density at radius 2 is 1.60 bits per heavy atom. The highest BCUT2D eigenvalue weighted by atomic mass is 32.2. The first kappa shape index (κ1) is 26.0. The van der Waals surface area contributed by atoms with E-state index in [0.29, 0.717) is 17.1 Å². The summed E-state index contributed by atoms with van der Waals surface area (Å²) >= 11 is 3.99. The molecular weight excluding hydrogens is 583 g/mol. The van der Waals surface area contributed by atoms with E-state index in [2.05, 4.69) is 150 Å². The summed E-state index contributed by atoms with van der Waals surface area (Å²) in [5, 5.41) is 5.96. The van der Waals surface area contributed by atoms with Crippen molar-refractivity contribution in [2.24, 2.45) is 5.92 Å². The first-order valence-electron chi connectivity index (χ1n) is 16.1. The van der Waals surface area contributed by atoms with E-state index in [1.165, 1.54) is 69.3 Å². The molecule has 3 unspecified atom stereocenters. The fourth-order valence-corrected chi connectivity index (χ4v) is 10.8. The number of hydrogen-bond donors (Lipinski definition) is 0. The lowest BCUT2D eigenvalue weighted by atomic mass is 9.85. The van der Waals surface area contributed by atoms with Crippen molar-refractivity contribution in [3.05, 3.63) is 155 Å². The van der Waals surface area contributed by atoms with Crippen LogP contribution in [-0.2, 0) is 0 Å². The molecule has 4 aliphatic rings. The lowest BCUT2D eigenvalue weighted by Gasteiger charge is -2.19. The molecule has 1 nitrogen and oxygen atoms in total. The smallest absolute Gasteiger partial charge is 0.0555 e. The third-order valence-electron chi connectivity index (χ3n) is 10.2. The summed E-state index contributed by atoms with van der Waals surface area (Å²) in [5.41, 5.74) is 9.62. The van der Waals surface area contributed by atoms with E-state index in [1.54, 1.807) is 5.57 Å². The maximum Gasteiger partial charge on any atom is 0.0555 e. The van der Waals surface area contributed by atoms with Crippen LogP contribution >= 0.6 is 23.1 Å². The summed E-state index contributed by atoms with van der Waals surface area (Å²) in [6.45, 7) is 0. The van der Waals surface area contributed by atoms with Crippen LogP contribution in [0.15, 0.2) is 144 Å². The van der Waals surface area contributed by atoms with Crippen LogP contribution in [0.25, 0.3) is 53.2 Å². The van der Waals surface area contributed by atoms with Gasteiger partial charge in [0, 0.05) is 58.6 Å². The van der Waals surface area contributed by atoms with Crippen LogP contribution in [0.1, 0.15) is 36.3 Å². The zero-order valence-electron chi connectivity index (χ0n) is 24.8. The van der Waals surface area contributed by atoms with E-state index in [4.69, 9.17) is 0 Å². The van der Waals surface area contributed by atoms with Crippen molar-refractivity contribution >= 4 is 70.6 Å². The highest BCUT2D eigenvalue weighted by Gasteiger charge is 2.36. The van der Waals surface area contributed by atoms with Gasteiger partial charge < -0.3 is 4.57 Å². The lowest BCUT2D eigenvalue weighted by molar-refractivity contribution is 0.808. The monoisotopic (exact) mass is 613 g/mol. The van der Waals surface area contributed by atoms with E-state index in [9.17, 15) is 0 Å². The predicted molar refractivity (Wildman–Crippen MR) is 197 cm³/mol. The van der Waals surface area contributed by atoms with E-state index in [0.717, 1.165) is 19.3 Å². The quantitative estimate of drug-likeness (QED) is 0.192. The Morgan fingerprint density at radius 3 is 2.51 bits per heavy atom. The summed E-state index contributed by atoms with van der Waals surface area (Å²) in [5.74, 6) is 0.938. The van der Waals surface area contributed by atoms with Crippen LogP contribution in [0.5, 0.6) is 0 Å². The van der Waals surface area contributed by atoms with Crippen molar-refractivity contribution in [3.8, 4) is 5.69 Å². The molecule has 0 radical (unpaired) electrons. The number of rotatable bonds is 3. The van der Waals surface area contributed by atoms with Crippen molar-refractivity contribution < 1.29 is 0 Å². The molecule has 4 aromatic carbocycles. The average Bonchev–Trinajstić information content (AvgIpc) is 3.78. The van der Waals surface area contributed by atoms with Crippen molar-refractivity contribution in [2.75, 3.05) is 0 Å². The maximum absolute atomic E-state index is 2.52. The van der Waals surface area contributed by atoms with Gasteiger partial charge in [-0.1, -0.05) is 103 Å². The van der Waals surface area contributed by atoms with Gasteiger partial charge in [0.2, 0.25) is 0 Å². The second-order valence-corrected chi connectivity index (χ2v) is 14.9. The predicted octanol–water partition coefficient (Wildman–Crippen LogP) is 12.0. The van der Waals surface area contributed by atoms with Crippen molar-refractivity contribution in [3.63, 3.8) is 0 Å². The van der Waals surface area contributed by atoms with Gasteiger partial charge in [0.15, 0.2) is 0 Å². The highest BCUT2D eigenvalue weighted by Crippen LogP contribution is 2.54. The molecule has 3 atom stereocenters. The number of allylic oxidation sites excluding steroid dienone is 10. The molecular formula is C42H31NS2. The van der Waals surface area contributed by atoms with Gasteiger partial charge in [-0.15, -0.1) is 23.1 Å². The SMILES string of the molecule is C1=CCC(c2ccc3c4c5sc6ccccc6c5ccc4n(-c4ccc(C5=C6SC7C=CC=CC7C6=CCC5)cc4)c3c2)C=C1. The Morgan fingerprint density at radius 1 is 0.733 bits per heavy atom. The average molecular weight is 614 g/mol. The van der Waals surface area contributed by atoms with Crippen molar-refractivity contribution in [1.29, 1.82) is 0 Å². The molecule has 2 aromatic heterocycles. The number of thioether (sulfide) groups is 1. The van der Waals surface area contributed by atoms with Crippen LogP contribution < -0.4 is 0 Å². The second kappa shape index (κ2) is 10.1. The Balaban J connectivity index is 1.16. The molecule has 0 bridgehead atoms. The van der Waals surface area contributed by atoms with Gasteiger partial charge >= 0.3 is 0 Å². The molecule has 1 saturated heterocycles. The van der Waals surface area contributed by atoms with Gasteiger partial charge in [-0.3, -0.25) is 0 Å². The Labute approximate surface area is 271 Å². The Kier molecular flexibility index (Phi) is 5.83. The molecule has 0 amide bonds. The molecule has 6 aromatic rings. The number of fused-ring (bicyclic) bond motifs is 10. The van der Waals surface area contributed by atoms with Crippen LogP contribution in [0.2, 0.25) is 0 Å². The molecule has 3 heterocycles. The first-order valence-corrected chi connectivity index (χ1v) is 17.8. The minimum absolute atomic E-state index is 0.414. The second-order valence-electron chi connectivity index (χ2n) is 12.6. The number of aromatic nitrogens is 1. The highest BCUT2D eigenvalue weighted by molar-refractivity contribution is 8.04. The molecule has 10 rings (SSSR count). The summed E-state index contributed by atoms with van der Waals surface area (Å²) in [6, 6.07) is 30.2. The minimum Gasteiger partial charge on any atom is -0.309 e. The van der Waals surface area contributed by atoms with Crippen molar-refractivity contribution in [1.82, 2.24) is 4.57 Å². The molecule has 1 aliphatic heterocycles. The zero-order valence-corrected chi connectivity index (χ0v) is 26.5. The maximum atomic E-state index is 2.52. The summed E-state index contributed by atoms with van der Waals surface area (Å²) in [4.78, 5) is 1.52. The van der Waals surface area contributed by atoms with Crippen LogP contribution in [0, 0.1) is 5.92 Å². The van der Waals surface area contributed by atoms with Crippen molar-refractivity contribution in [2.45, 2.75) is 30.4 Å². The van der Waals surface area contributed by atoms with Gasteiger partial charge in [-0.25, -0.2) is 0 Å². The molecule has 45 heavy (non-hydrogen) atoms. The van der Waals surface area contributed by atoms with E-state index in [-0.39, 0.29) is 0 Å². The standard InChI is InChI=1S/C42H31NS2/c1-2-9-26(10-3-1)28-19-22-35-37(25-28)43(36-24-23-34-32-12-5-7-16-39(32)45-42(34)40(35)36)29-20-17-27(18-21-29)30-13-8-14-33-31-11-4-6-15-38(31)44-41(30)33/h1-7,9,11-12,14-26,31,38H,8,10,13H2. The van der Waals surface area contributed by atoms with Gasteiger partial charge in [-0.2, -0.15) is 0 Å². The number of hydrogen-bond acceptors (Lipinski definition) is 2. The molecule has 3 heteroatoms. The van der Waals surface area contributed by atoms with Gasteiger partial charge in [-0.05, 0) is 71.9 Å². The first-order chi connectivity index (χ1) is 22.3. The molecule has 1 fully saturated rings. The number of benzene rings is 4. The van der Waals surface area contributed by atoms with Crippen LogP contribution in [-0.4, -0.2) is 9.82 Å². The molecule has 3 aliphatic carbocycles. The topological polar surface area (TPSA) is 4.93 Å². The van der Waals surface area contributed by atoms with E-state index in [1.807, 2.05) is 11.3 Å². The van der Waals surface area contributed by atoms with Gasteiger partial charge in [0.1, 0.15) is 0 Å². The summed E-state index contributed by atoms with van der Waals surface area (Å²) in [6.07, 6.45) is 24.0. The zero-order chi connectivity index (χ0) is 29.5. The minimum atomic E-state index is 0.414. The third kappa shape index (κ3) is 3.94. The molecule has 0 spiro atoms. The van der Waals surface area contributed by atoms with E-state index >= 15 is 0 Å². The van der Waals surface area contributed by atoms with Crippen LogP contribution in [0.3, 0.4) is 0 Å². The molecule has 216 valence electrons. The number of nitrogens with zero attached hydrogens (tertiary/aromatic N) is 1. The van der Waals surface area contributed by atoms with E-state index < -0.39 is 0 Å². The van der Waals surface area contributed by atoms with Crippen LogP contribution in [0.4, 0.5) is 0 Å². The summed E-state index contributed by atoms with van der Waals surface area (Å²) in [7, 11) is 0.